The number of hydrogen-bond acceptors (Lipinski definition) is 4. The Kier molecular flexibility index (Phi) is 5.50. The van der Waals surface area contributed by atoms with Crippen LogP contribution < -0.4 is 11.1 Å². The third-order valence-corrected chi connectivity index (χ3v) is 6.00. The summed E-state index contributed by atoms with van der Waals surface area (Å²) < 4.78 is 1.47. The Bertz CT molecular complexity index is 544. The van der Waals surface area contributed by atoms with Crippen molar-refractivity contribution in [2.75, 3.05) is 0 Å². The minimum Gasteiger partial charge on any atom is -0.480 e. The van der Waals surface area contributed by atoms with E-state index in [1.807, 2.05) is 0 Å². The number of halogens is 2. The molecule has 1 aromatic heterocycles. The summed E-state index contributed by atoms with van der Waals surface area (Å²) in [6.45, 7) is 1.73. The van der Waals surface area contributed by atoms with Gasteiger partial charge in [-0.25, -0.2) is 4.79 Å². The third-order valence-electron chi connectivity index (χ3n) is 2.25. The Morgan fingerprint density at radius 2 is 2.00 bits per heavy atom. The van der Waals surface area contributed by atoms with Gasteiger partial charge < -0.3 is 16.2 Å². The van der Waals surface area contributed by atoms with E-state index in [4.69, 9.17) is 10.8 Å². The first-order chi connectivity index (χ1) is 8.73. The van der Waals surface area contributed by atoms with Crippen molar-refractivity contribution in [1.29, 1.82) is 0 Å². The van der Waals surface area contributed by atoms with Crippen LogP contribution >= 0.6 is 43.2 Å². The zero-order chi connectivity index (χ0) is 14.7. The maximum atomic E-state index is 12.0. The lowest BCUT2D eigenvalue weighted by Gasteiger charge is -2.12. The van der Waals surface area contributed by atoms with E-state index >= 15 is 0 Å². The van der Waals surface area contributed by atoms with Crippen LogP contribution in [0.25, 0.3) is 0 Å². The monoisotopic (exact) mass is 412 g/mol. The van der Waals surface area contributed by atoms with Gasteiger partial charge in [-0.05, 0) is 44.3 Å². The van der Waals surface area contributed by atoms with Crippen LogP contribution in [0, 0.1) is 6.92 Å². The van der Waals surface area contributed by atoms with Crippen LogP contribution in [-0.4, -0.2) is 28.9 Å². The van der Waals surface area contributed by atoms with Gasteiger partial charge in [0.25, 0.3) is 5.91 Å². The molecule has 19 heavy (non-hydrogen) atoms. The van der Waals surface area contributed by atoms with Crippen molar-refractivity contribution in [2.45, 2.75) is 19.4 Å². The molecular weight excluding hydrogens is 404 g/mol. The number of thiophene rings is 1. The summed E-state index contributed by atoms with van der Waals surface area (Å²) in [5, 5.41) is 11.2. The third kappa shape index (κ3) is 4.02. The molecule has 1 aromatic rings. The highest BCUT2D eigenvalue weighted by atomic mass is 79.9. The molecule has 0 spiro atoms. The molecule has 1 unspecified atom stereocenters. The van der Waals surface area contributed by atoms with Crippen molar-refractivity contribution < 1.29 is 19.5 Å². The predicted octanol–water partition coefficient (Wildman–Crippen LogP) is 1.64. The standard InChI is InChI=1S/C10H10Br2N2O4S/c1-3-6(11)8(12)19-7(3)9(16)14-4(10(17)18)2-5(13)15/h4H,2H2,1H3,(H2,13,15)(H,14,16)(H,17,18). The van der Waals surface area contributed by atoms with Gasteiger partial charge in [0.15, 0.2) is 0 Å². The van der Waals surface area contributed by atoms with Crippen molar-refractivity contribution in [3.05, 3.63) is 18.7 Å². The molecule has 0 radical (unpaired) electrons. The fourth-order valence-electron chi connectivity index (χ4n) is 1.30. The summed E-state index contributed by atoms with van der Waals surface area (Å²) in [5.41, 5.74) is 5.63. The molecule has 0 saturated heterocycles. The minimum atomic E-state index is -1.33. The van der Waals surface area contributed by atoms with Crippen molar-refractivity contribution in [1.82, 2.24) is 5.32 Å². The van der Waals surface area contributed by atoms with Crippen LogP contribution in [0.3, 0.4) is 0 Å². The number of rotatable bonds is 5. The number of hydrogen-bond donors (Lipinski definition) is 3. The number of carboxylic acids is 1. The Morgan fingerprint density at radius 1 is 1.42 bits per heavy atom. The van der Waals surface area contributed by atoms with Crippen molar-refractivity contribution >= 4 is 61.0 Å². The molecule has 1 atom stereocenters. The zero-order valence-electron chi connectivity index (χ0n) is 9.70. The van der Waals surface area contributed by atoms with E-state index in [0.29, 0.717) is 10.4 Å². The average Bonchev–Trinajstić information content (AvgIpc) is 2.55. The first-order valence-corrected chi connectivity index (χ1v) is 7.40. The highest BCUT2D eigenvalue weighted by molar-refractivity contribution is 9.13. The lowest BCUT2D eigenvalue weighted by Crippen LogP contribution is -2.43. The Morgan fingerprint density at radius 3 is 2.37 bits per heavy atom. The highest BCUT2D eigenvalue weighted by Gasteiger charge is 2.25. The molecule has 6 nitrogen and oxygen atoms in total. The molecule has 9 heteroatoms. The fraction of sp³-hybridized carbons (Fsp3) is 0.300. The highest BCUT2D eigenvalue weighted by Crippen LogP contribution is 2.36. The van der Waals surface area contributed by atoms with Gasteiger partial charge in [-0.2, -0.15) is 0 Å². The van der Waals surface area contributed by atoms with Crippen LogP contribution in [0.4, 0.5) is 0 Å². The van der Waals surface area contributed by atoms with E-state index in [-0.39, 0.29) is 0 Å². The number of nitrogens with one attached hydrogen (secondary N) is 1. The van der Waals surface area contributed by atoms with E-state index in [1.54, 1.807) is 6.92 Å². The Balaban J connectivity index is 2.91. The average molecular weight is 414 g/mol. The molecule has 4 N–H and O–H groups in total. The molecule has 0 saturated carbocycles. The number of carboxylic acid groups (broad SMARTS) is 1. The van der Waals surface area contributed by atoms with Crippen LogP contribution in [0.5, 0.6) is 0 Å². The number of nitrogens with two attached hydrogens (primary N) is 1. The second kappa shape index (κ2) is 6.49. The molecule has 1 heterocycles. The normalized spacial score (nSPS) is 11.9. The Hall–Kier alpha value is -0.930. The summed E-state index contributed by atoms with van der Waals surface area (Å²) in [6.07, 6.45) is -0.451. The lowest BCUT2D eigenvalue weighted by atomic mass is 10.2. The maximum absolute atomic E-state index is 12.0. The van der Waals surface area contributed by atoms with E-state index in [2.05, 4.69) is 37.2 Å². The second-order valence-corrected chi connectivity index (χ2v) is 6.81. The van der Waals surface area contributed by atoms with Gasteiger partial charge in [0.2, 0.25) is 5.91 Å². The minimum absolute atomic E-state index is 0.370. The predicted molar refractivity (Wildman–Crippen MR) is 77.2 cm³/mol. The summed E-state index contributed by atoms with van der Waals surface area (Å²) in [5.74, 6) is -2.65. The lowest BCUT2D eigenvalue weighted by molar-refractivity contribution is -0.140. The van der Waals surface area contributed by atoms with Gasteiger partial charge in [0.1, 0.15) is 6.04 Å². The molecule has 0 aliphatic carbocycles. The molecule has 0 aromatic carbocycles. The smallest absolute Gasteiger partial charge is 0.326 e. The van der Waals surface area contributed by atoms with E-state index in [1.165, 1.54) is 11.3 Å². The fourth-order valence-corrected chi connectivity index (χ4v) is 3.48. The number of amides is 2. The van der Waals surface area contributed by atoms with E-state index < -0.39 is 30.2 Å². The van der Waals surface area contributed by atoms with Crippen molar-refractivity contribution in [3.8, 4) is 0 Å². The first kappa shape index (κ1) is 16.1. The van der Waals surface area contributed by atoms with E-state index in [0.717, 1.165) is 8.26 Å². The molecule has 104 valence electrons. The van der Waals surface area contributed by atoms with Crippen LogP contribution in [-0.2, 0) is 9.59 Å². The van der Waals surface area contributed by atoms with Gasteiger partial charge in [-0.15, -0.1) is 11.3 Å². The van der Waals surface area contributed by atoms with Gasteiger partial charge >= 0.3 is 5.97 Å². The largest absolute Gasteiger partial charge is 0.480 e. The topological polar surface area (TPSA) is 109 Å². The summed E-state index contributed by atoms with van der Waals surface area (Å²) in [7, 11) is 0. The van der Waals surface area contributed by atoms with Gasteiger partial charge in [0.05, 0.1) is 15.1 Å². The van der Waals surface area contributed by atoms with Crippen LogP contribution in [0.2, 0.25) is 0 Å². The quantitative estimate of drug-likeness (QED) is 0.681. The van der Waals surface area contributed by atoms with Crippen molar-refractivity contribution in [3.63, 3.8) is 0 Å². The van der Waals surface area contributed by atoms with E-state index in [9.17, 15) is 14.4 Å². The van der Waals surface area contributed by atoms with Crippen LogP contribution in [0.1, 0.15) is 21.7 Å². The van der Waals surface area contributed by atoms with Gasteiger partial charge in [0, 0.05) is 4.47 Å². The summed E-state index contributed by atoms with van der Waals surface area (Å²) >= 11 is 7.74. The van der Waals surface area contributed by atoms with Gasteiger partial charge in [-0.3, -0.25) is 9.59 Å². The number of carbonyl (C=O) groups excluding carboxylic acids is 2. The van der Waals surface area contributed by atoms with Gasteiger partial charge in [-0.1, -0.05) is 0 Å². The molecular formula is C10H10Br2N2O4S. The molecule has 0 aliphatic heterocycles. The molecule has 0 aliphatic rings. The number of aliphatic carboxylic acids is 1. The summed E-state index contributed by atoms with van der Waals surface area (Å²) in [6, 6.07) is -1.33. The number of carbonyl (C=O) groups is 3. The number of primary amides is 1. The maximum Gasteiger partial charge on any atom is 0.326 e. The molecule has 0 bridgehead atoms. The molecule has 2 amide bonds. The Labute approximate surface area is 129 Å². The zero-order valence-corrected chi connectivity index (χ0v) is 13.7. The summed E-state index contributed by atoms with van der Waals surface area (Å²) in [4.78, 5) is 34.0. The molecule has 0 fully saturated rings. The molecule has 1 rings (SSSR count). The first-order valence-electron chi connectivity index (χ1n) is 5.00. The van der Waals surface area contributed by atoms with Crippen LogP contribution in [0.15, 0.2) is 8.26 Å². The SMILES string of the molecule is Cc1c(C(=O)NC(CC(N)=O)C(=O)O)sc(Br)c1Br. The second-order valence-electron chi connectivity index (χ2n) is 3.68. The van der Waals surface area contributed by atoms with Crippen molar-refractivity contribution in [2.24, 2.45) is 5.73 Å².